The van der Waals surface area contributed by atoms with Gasteiger partial charge < -0.3 is 15.0 Å². The number of nitrogens with zero attached hydrogens (tertiary/aromatic N) is 3. The molecule has 1 atom stereocenters. The zero-order chi connectivity index (χ0) is 27.9. The molecule has 1 aromatic heterocycles. The Labute approximate surface area is 222 Å². The quantitative estimate of drug-likeness (QED) is 0.295. The summed E-state index contributed by atoms with van der Waals surface area (Å²) in [4.78, 5) is 15.6. The molecule has 200 valence electrons. The number of rotatable bonds is 7. The molecule has 0 aliphatic carbocycles. The Bertz CT molecular complexity index is 1160. The van der Waals surface area contributed by atoms with E-state index in [0.29, 0.717) is 17.3 Å². The van der Waals surface area contributed by atoms with Crippen LogP contribution in [0.4, 0.5) is 11.4 Å². The van der Waals surface area contributed by atoms with Crippen LogP contribution in [0.1, 0.15) is 56.5 Å². The van der Waals surface area contributed by atoms with Crippen molar-refractivity contribution in [3.63, 3.8) is 0 Å². The fraction of sp³-hybridized carbons (Fsp3) is 0.419. The van der Waals surface area contributed by atoms with Crippen molar-refractivity contribution in [2.75, 3.05) is 38.0 Å². The second kappa shape index (κ2) is 12.6. The van der Waals surface area contributed by atoms with Crippen LogP contribution >= 0.6 is 0 Å². The van der Waals surface area contributed by atoms with Gasteiger partial charge in [0.05, 0.1) is 11.4 Å². The van der Waals surface area contributed by atoms with Gasteiger partial charge in [-0.3, -0.25) is 10.2 Å². The second-order valence-electron chi connectivity index (χ2n) is 11.5. The average Bonchev–Trinajstić information content (AvgIpc) is 2.81. The Morgan fingerprint density at radius 2 is 1.32 bits per heavy atom. The summed E-state index contributed by atoms with van der Waals surface area (Å²) in [7, 11) is 8.06. The first-order valence-corrected chi connectivity index (χ1v) is 12.7. The first-order valence-electron chi connectivity index (χ1n) is 12.7. The van der Waals surface area contributed by atoms with Crippen LogP contribution in [0.25, 0.3) is 0 Å². The second-order valence-corrected chi connectivity index (χ2v) is 11.5. The smallest absolute Gasteiger partial charge is 0.283 e. The molecule has 1 unspecified atom stereocenters. The largest absolute Gasteiger partial charge is 0.425 e. The summed E-state index contributed by atoms with van der Waals surface area (Å²) in [5, 5.41) is 18.0. The molecule has 6 nitrogen and oxygen atoms in total. The molecule has 1 heterocycles. The molecule has 6 heteroatoms. The van der Waals surface area contributed by atoms with Crippen molar-refractivity contribution in [3.8, 4) is 0 Å². The van der Waals surface area contributed by atoms with Crippen molar-refractivity contribution in [1.82, 2.24) is 4.73 Å². The van der Waals surface area contributed by atoms with E-state index in [9.17, 15) is 10.0 Å². The summed E-state index contributed by atoms with van der Waals surface area (Å²) in [6.45, 7) is 10.6. The van der Waals surface area contributed by atoms with Gasteiger partial charge in [-0.15, -0.1) is 0 Å². The Kier molecular flexibility index (Phi) is 10.1. The Morgan fingerprint density at radius 3 is 1.70 bits per heavy atom. The highest BCUT2D eigenvalue weighted by Gasteiger charge is 2.17. The number of hydrogen-bond acceptors (Lipinski definition) is 5. The average molecular weight is 505 g/mol. The van der Waals surface area contributed by atoms with Gasteiger partial charge in [-0.05, 0) is 67.0 Å². The van der Waals surface area contributed by atoms with E-state index < -0.39 is 0 Å². The number of anilines is 2. The van der Waals surface area contributed by atoms with Crippen LogP contribution in [-0.2, 0) is 6.42 Å². The molecule has 0 saturated heterocycles. The zero-order valence-electron chi connectivity index (χ0n) is 24.0. The van der Waals surface area contributed by atoms with Gasteiger partial charge in [0.1, 0.15) is 0 Å². The number of aromatic nitrogens is 1. The van der Waals surface area contributed by atoms with Crippen molar-refractivity contribution < 1.29 is 5.21 Å². The van der Waals surface area contributed by atoms with Gasteiger partial charge in [-0.25, -0.2) is 0 Å². The molecule has 0 aliphatic heterocycles. The van der Waals surface area contributed by atoms with E-state index in [1.807, 2.05) is 89.7 Å². The Balaban J connectivity index is 0.000000264. The number of hydrogen-bond donors (Lipinski definition) is 2. The molecule has 0 bridgehead atoms. The Hall–Kier alpha value is -3.54. The molecule has 2 aromatic carbocycles. The van der Waals surface area contributed by atoms with E-state index in [4.69, 9.17) is 5.41 Å². The summed E-state index contributed by atoms with van der Waals surface area (Å²) >= 11 is 0. The maximum absolute atomic E-state index is 11.4. The molecule has 0 spiro atoms. The lowest BCUT2D eigenvalue weighted by Crippen LogP contribution is -2.23. The van der Waals surface area contributed by atoms with E-state index in [1.54, 1.807) is 0 Å². The molecule has 2 N–H and O–H groups in total. The molecular formula is C31H44N4O2. The fourth-order valence-electron chi connectivity index (χ4n) is 4.40. The van der Waals surface area contributed by atoms with Crippen LogP contribution in [0.5, 0.6) is 0 Å². The lowest BCUT2D eigenvalue weighted by Gasteiger charge is -2.23. The molecular weight excluding hydrogens is 460 g/mol. The third kappa shape index (κ3) is 9.12. The summed E-state index contributed by atoms with van der Waals surface area (Å²) in [5.41, 5.74) is 6.24. The highest BCUT2D eigenvalue weighted by atomic mass is 16.5. The monoisotopic (exact) mass is 504 g/mol. The minimum absolute atomic E-state index is 0.268. The maximum Gasteiger partial charge on any atom is 0.283 e. The number of benzene rings is 2. The lowest BCUT2D eigenvalue weighted by atomic mass is 9.83. The number of aryl methyl sites for hydroxylation is 1. The van der Waals surface area contributed by atoms with Crippen molar-refractivity contribution in [1.29, 1.82) is 5.41 Å². The number of nitrogens with one attached hydrogen (secondary N) is 1. The topological polar surface area (TPSA) is 72.6 Å². The third-order valence-electron chi connectivity index (χ3n) is 6.09. The fourth-order valence-corrected chi connectivity index (χ4v) is 4.40. The van der Waals surface area contributed by atoms with Crippen molar-refractivity contribution in [2.24, 2.45) is 11.3 Å². The first kappa shape index (κ1) is 29.7. The number of pyridine rings is 1. The zero-order valence-corrected chi connectivity index (χ0v) is 24.0. The summed E-state index contributed by atoms with van der Waals surface area (Å²) < 4.78 is 0.770. The molecule has 0 fully saturated rings. The van der Waals surface area contributed by atoms with Crippen molar-refractivity contribution in [2.45, 2.75) is 47.5 Å². The standard InChI is InChI=1S/C17H21N3.C14H23NO2/c1-19(2)15-9-5-13(6-10-15)17(18)14-7-11-16(12-8-14)20(3)4;1-10-6-12(15(17)13(16)8-10)7-11(2)9-14(3,4)5/h5-12,18H,1-4H3;6,8,11,17H,7,9H2,1-5H3. The normalized spacial score (nSPS) is 11.8. The van der Waals surface area contributed by atoms with Gasteiger partial charge in [0.15, 0.2) is 0 Å². The predicted octanol–water partition coefficient (Wildman–Crippen LogP) is 6.24. The van der Waals surface area contributed by atoms with Crippen molar-refractivity contribution in [3.05, 3.63) is 93.4 Å². The minimum Gasteiger partial charge on any atom is -0.425 e. The summed E-state index contributed by atoms with van der Waals surface area (Å²) in [5.74, 6) is 0.439. The van der Waals surface area contributed by atoms with Gasteiger partial charge >= 0.3 is 0 Å². The van der Waals surface area contributed by atoms with Gasteiger partial charge in [-0.1, -0.05) is 52.0 Å². The SMILES string of the molecule is CN(C)c1ccc(C(=N)c2ccc(N(C)C)cc2)cc1.Cc1cc(CC(C)CC(C)(C)C)n(O)c(=O)c1. The Morgan fingerprint density at radius 1 is 0.892 bits per heavy atom. The highest BCUT2D eigenvalue weighted by Crippen LogP contribution is 2.26. The molecule has 3 rings (SSSR count). The van der Waals surface area contributed by atoms with Gasteiger partial charge in [-0.2, -0.15) is 4.73 Å². The molecule has 0 amide bonds. The summed E-state index contributed by atoms with van der Waals surface area (Å²) in [6.07, 6.45) is 1.79. The van der Waals surface area contributed by atoms with Crippen LogP contribution in [0.3, 0.4) is 0 Å². The van der Waals surface area contributed by atoms with Crippen LogP contribution < -0.4 is 15.4 Å². The predicted molar refractivity (Wildman–Crippen MR) is 157 cm³/mol. The molecule has 0 aliphatic rings. The van der Waals surface area contributed by atoms with Gasteiger partial charge in [0, 0.05) is 56.8 Å². The molecule has 0 radical (unpaired) electrons. The van der Waals surface area contributed by atoms with E-state index in [-0.39, 0.29) is 11.0 Å². The van der Waals surface area contributed by atoms with Gasteiger partial charge in [0.25, 0.3) is 5.56 Å². The highest BCUT2D eigenvalue weighted by molar-refractivity contribution is 6.11. The van der Waals surface area contributed by atoms with E-state index in [2.05, 4.69) is 37.5 Å². The van der Waals surface area contributed by atoms with Crippen LogP contribution in [0, 0.1) is 23.7 Å². The van der Waals surface area contributed by atoms with Crippen LogP contribution in [-0.4, -0.2) is 43.8 Å². The van der Waals surface area contributed by atoms with Crippen LogP contribution in [0.15, 0.2) is 65.5 Å². The lowest BCUT2D eigenvalue weighted by molar-refractivity contribution is 0.160. The first-order chi connectivity index (χ1) is 17.2. The van der Waals surface area contributed by atoms with E-state index in [1.165, 1.54) is 6.07 Å². The van der Waals surface area contributed by atoms with E-state index >= 15 is 0 Å². The van der Waals surface area contributed by atoms with Crippen molar-refractivity contribution >= 4 is 17.1 Å². The van der Waals surface area contributed by atoms with E-state index in [0.717, 1.165) is 45.6 Å². The third-order valence-corrected chi connectivity index (χ3v) is 6.09. The summed E-state index contributed by atoms with van der Waals surface area (Å²) in [6, 6.07) is 19.5. The van der Waals surface area contributed by atoms with Gasteiger partial charge in [0.2, 0.25) is 0 Å². The minimum atomic E-state index is -0.344. The maximum atomic E-state index is 11.4. The van der Waals surface area contributed by atoms with Crippen LogP contribution in [0.2, 0.25) is 0 Å². The molecule has 3 aromatic rings. The molecule has 0 saturated carbocycles. The molecule has 37 heavy (non-hydrogen) atoms.